The lowest BCUT2D eigenvalue weighted by atomic mass is 9.98. The van der Waals surface area contributed by atoms with E-state index in [0.29, 0.717) is 11.7 Å². The smallest absolute Gasteiger partial charge is 0.333 e. The molecule has 5 heteroatoms. The van der Waals surface area contributed by atoms with Gasteiger partial charge in [0.15, 0.2) is 6.29 Å². The third-order valence-electron chi connectivity index (χ3n) is 5.45. The Hall–Kier alpha value is -3.31. The van der Waals surface area contributed by atoms with Gasteiger partial charge in [-0.2, -0.15) is 0 Å². The normalized spacial score (nSPS) is 15.2. The topological polar surface area (TPSA) is 65.0 Å². The van der Waals surface area contributed by atoms with Gasteiger partial charge in [0.1, 0.15) is 17.1 Å². The Morgan fingerprint density at radius 3 is 1.92 bits per heavy atom. The van der Waals surface area contributed by atoms with E-state index in [2.05, 4.69) is 6.58 Å². The number of benzene rings is 2. The fourth-order valence-corrected chi connectivity index (χ4v) is 3.63. The molecule has 0 aromatic heterocycles. The van der Waals surface area contributed by atoms with E-state index in [1.54, 1.807) is 19.1 Å². The van der Waals surface area contributed by atoms with Crippen molar-refractivity contribution in [1.29, 1.82) is 0 Å². The van der Waals surface area contributed by atoms with Crippen LogP contribution in [-0.4, -0.2) is 29.1 Å². The van der Waals surface area contributed by atoms with Gasteiger partial charge in [-0.05, 0) is 82.9 Å². The van der Waals surface area contributed by atoms with Crippen molar-refractivity contribution in [2.75, 3.05) is 0 Å². The average Bonchev–Trinajstić information content (AvgIpc) is 2.84. The van der Waals surface area contributed by atoms with Crippen molar-refractivity contribution >= 4 is 18.1 Å². The number of rotatable bonds is 8. The standard InChI is InChI=1S/C24H28O3.C8H14O2/c1-19(26-23-9-3-2-4-10-23)27-24-17-13-21(14-18-24)8-6-5-7-20-11-15-22(25)16-12-20;1-6(2)7(9)10-8(3,4)5/h5-8,11-19,23,25H,2-4,9-10H2,1H3;1H2,2-5H3. The summed E-state index contributed by atoms with van der Waals surface area (Å²) < 4.78 is 16.8. The minimum atomic E-state index is -0.407. The number of esters is 1. The summed E-state index contributed by atoms with van der Waals surface area (Å²) in [7, 11) is 0. The maximum Gasteiger partial charge on any atom is 0.333 e. The summed E-state index contributed by atoms with van der Waals surface area (Å²) in [5.74, 6) is 0.783. The summed E-state index contributed by atoms with van der Waals surface area (Å²) in [5, 5.41) is 9.28. The molecule has 0 spiro atoms. The molecule has 200 valence electrons. The lowest BCUT2D eigenvalue weighted by Crippen LogP contribution is -2.26. The number of phenols is 1. The molecular formula is C32H42O5. The Labute approximate surface area is 222 Å². The lowest BCUT2D eigenvalue weighted by Gasteiger charge is -2.26. The zero-order valence-corrected chi connectivity index (χ0v) is 22.9. The molecule has 0 amide bonds. The molecule has 0 aliphatic heterocycles. The second-order valence-corrected chi connectivity index (χ2v) is 10.2. The molecule has 5 nitrogen and oxygen atoms in total. The van der Waals surface area contributed by atoms with Crippen LogP contribution in [0.1, 0.15) is 77.8 Å². The summed E-state index contributed by atoms with van der Waals surface area (Å²) in [6.07, 6.45) is 14.3. The molecule has 1 atom stereocenters. The highest BCUT2D eigenvalue weighted by atomic mass is 16.7. The number of hydrogen-bond donors (Lipinski definition) is 1. The average molecular weight is 507 g/mol. The molecule has 37 heavy (non-hydrogen) atoms. The molecule has 1 saturated carbocycles. The zero-order valence-electron chi connectivity index (χ0n) is 22.9. The van der Waals surface area contributed by atoms with Crippen LogP contribution in [-0.2, 0) is 14.3 Å². The number of carbonyl (C=O) groups excluding carboxylic acids is 1. The SMILES string of the molecule is C=C(C)C(=O)OC(C)(C)C.CC(Oc1ccc(C=CC=Cc2ccc(O)cc2)cc1)OC1CCCCC1. The predicted octanol–water partition coefficient (Wildman–Crippen LogP) is 8.10. The van der Waals surface area contributed by atoms with Crippen molar-refractivity contribution in [2.24, 2.45) is 0 Å². The molecule has 2 aromatic carbocycles. The number of carbonyl (C=O) groups is 1. The maximum atomic E-state index is 10.8. The number of allylic oxidation sites excluding steroid dienone is 2. The minimum Gasteiger partial charge on any atom is -0.508 e. The van der Waals surface area contributed by atoms with E-state index in [0.717, 1.165) is 29.7 Å². The van der Waals surface area contributed by atoms with E-state index in [4.69, 9.17) is 14.2 Å². The summed E-state index contributed by atoms with van der Waals surface area (Å²) in [5.41, 5.74) is 2.19. The molecule has 0 radical (unpaired) electrons. The minimum absolute atomic E-state index is 0.220. The van der Waals surface area contributed by atoms with Gasteiger partial charge in [0.25, 0.3) is 0 Å². The fourth-order valence-electron chi connectivity index (χ4n) is 3.63. The quantitative estimate of drug-likeness (QED) is 0.170. The molecule has 2 aromatic rings. The van der Waals surface area contributed by atoms with Gasteiger partial charge in [0.2, 0.25) is 0 Å². The summed E-state index contributed by atoms with van der Waals surface area (Å²) in [6, 6.07) is 15.1. The Kier molecular flexibility index (Phi) is 12.2. The van der Waals surface area contributed by atoms with Gasteiger partial charge < -0.3 is 19.3 Å². The number of ether oxygens (including phenoxy) is 3. The summed E-state index contributed by atoms with van der Waals surface area (Å²) in [4.78, 5) is 10.8. The van der Waals surface area contributed by atoms with Crippen LogP contribution >= 0.6 is 0 Å². The van der Waals surface area contributed by atoms with Crippen LogP contribution in [0.4, 0.5) is 0 Å². The zero-order chi connectivity index (χ0) is 27.3. The molecule has 3 rings (SSSR count). The Balaban J connectivity index is 0.000000410. The van der Waals surface area contributed by atoms with Crippen molar-refractivity contribution in [3.05, 3.63) is 84.0 Å². The monoisotopic (exact) mass is 506 g/mol. The van der Waals surface area contributed by atoms with E-state index >= 15 is 0 Å². The molecule has 1 unspecified atom stereocenters. The largest absolute Gasteiger partial charge is 0.508 e. The van der Waals surface area contributed by atoms with Gasteiger partial charge in [0, 0.05) is 5.57 Å². The molecule has 1 fully saturated rings. The van der Waals surface area contributed by atoms with Gasteiger partial charge in [-0.3, -0.25) is 0 Å². The van der Waals surface area contributed by atoms with Crippen LogP contribution in [0.3, 0.4) is 0 Å². The van der Waals surface area contributed by atoms with E-state index in [1.165, 1.54) is 19.3 Å². The van der Waals surface area contributed by atoms with E-state index in [9.17, 15) is 9.90 Å². The molecule has 0 saturated heterocycles. The van der Waals surface area contributed by atoms with E-state index < -0.39 is 5.60 Å². The van der Waals surface area contributed by atoms with Crippen LogP contribution in [0.2, 0.25) is 0 Å². The van der Waals surface area contributed by atoms with Crippen molar-refractivity contribution in [3.8, 4) is 11.5 Å². The first-order valence-corrected chi connectivity index (χ1v) is 13.0. The van der Waals surface area contributed by atoms with Crippen LogP contribution in [0.5, 0.6) is 11.5 Å². The molecule has 1 aliphatic rings. The summed E-state index contributed by atoms with van der Waals surface area (Å²) in [6.45, 7) is 12.5. The fraction of sp³-hybridized carbons (Fsp3) is 0.406. The third-order valence-corrected chi connectivity index (χ3v) is 5.45. The van der Waals surface area contributed by atoms with Crippen molar-refractivity contribution in [1.82, 2.24) is 0 Å². The first-order chi connectivity index (χ1) is 17.5. The Bertz CT molecular complexity index is 1020. The number of phenolic OH excluding ortho intramolecular Hbond substituents is 1. The van der Waals surface area contributed by atoms with E-state index in [1.807, 2.05) is 88.4 Å². The van der Waals surface area contributed by atoms with Crippen LogP contribution in [0.15, 0.2) is 72.8 Å². The molecule has 0 bridgehead atoms. The van der Waals surface area contributed by atoms with Crippen LogP contribution in [0.25, 0.3) is 12.2 Å². The summed E-state index contributed by atoms with van der Waals surface area (Å²) >= 11 is 0. The van der Waals surface area contributed by atoms with Crippen molar-refractivity contribution in [2.45, 2.75) is 84.7 Å². The van der Waals surface area contributed by atoms with Gasteiger partial charge in [0.05, 0.1) is 6.10 Å². The van der Waals surface area contributed by atoms with Gasteiger partial charge >= 0.3 is 5.97 Å². The maximum absolute atomic E-state index is 10.8. The first-order valence-electron chi connectivity index (χ1n) is 13.0. The second kappa shape index (κ2) is 15.1. The van der Waals surface area contributed by atoms with Gasteiger partial charge in [-0.15, -0.1) is 0 Å². The second-order valence-electron chi connectivity index (χ2n) is 10.2. The highest BCUT2D eigenvalue weighted by Gasteiger charge is 2.17. The third kappa shape index (κ3) is 13.0. The molecule has 1 N–H and O–H groups in total. The predicted molar refractivity (Wildman–Crippen MR) is 151 cm³/mol. The highest BCUT2D eigenvalue weighted by molar-refractivity contribution is 5.87. The number of hydrogen-bond acceptors (Lipinski definition) is 5. The molecular weight excluding hydrogens is 464 g/mol. The van der Waals surface area contributed by atoms with Crippen molar-refractivity contribution in [3.63, 3.8) is 0 Å². The van der Waals surface area contributed by atoms with Crippen LogP contribution < -0.4 is 4.74 Å². The lowest BCUT2D eigenvalue weighted by molar-refractivity contribution is -0.149. The van der Waals surface area contributed by atoms with Gasteiger partial charge in [-0.1, -0.05) is 74.4 Å². The van der Waals surface area contributed by atoms with Crippen LogP contribution in [0, 0.1) is 0 Å². The number of aromatic hydroxyl groups is 1. The van der Waals surface area contributed by atoms with Gasteiger partial charge in [-0.25, -0.2) is 4.79 Å². The highest BCUT2D eigenvalue weighted by Crippen LogP contribution is 2.23. The Morgan fingerprint density at radius 2 is 1.46 bits per heavy atom. The van der Waals surface area contributed by atoms with E-state index in [-0.39, 0.29) is 18.0 Å². The Morgan fingerprint density at radius 1 is 0.946 bits per heavy atom. The molecule has 1 aliphatic carbocycles. The molecule has 0 heterocycles. The van der Waals surface area contributed by atoms with Crippen molar-refractivity contribution < 1.29 is 24.1 Å². The first kappa shape index (κ1) is 29.9.